The zero-order chi connectivity index (χ0) is 29.0. The van der Waals surface area contributed by atoms with E-state index in [1.165, 1.54) is 4.90 Å². The highest BCUT2D eigenvalue weighted by Gasteiger charge is 2.46. The summed E-state index contributed by atoms with van der Waals surface area (Å²) in [6.45, 7) is 9.30. The highest BCUT2D eigenvalue weighted by Crippen LogP contribution is 2.41. The Bertz CT molecular complexity index is 1390. The number of anilines is 1. The first-order chi connectivity index (χ1) is 19.1. The topological polar surface area (TPSA) is 79.3 Å². The molecule has 1 heterocycles. The fraction of sp³-hybridized carbons (Fsp3) is 0.333. The summed E-state index contributed by atoms with van der Waals surface area (Å²) in [6, 6.07) is 19.7. The predicted octanol–water partition coefficient (Wildman–Crippen LogP) is 6.12. The van der Waals surface area contributed by atoms with Crippen molar-refractivity contribution >= 4 is 23.1 Å². The maximum absolute atomic E-state index is 13.5. The van der Waals surface area contributed by atoms with E-state index in [1.807, 2.05) is 81.4 Å². The highest BCUT2D eigenvalue weighted by atomic mass is 16.5. The summed E-state index contributed by atoms with van der Waals surface area (Å²) in [5.74, 6) is 0.274. The number of aliphatic hydroxyl groups excluding tert-OH is 1. The Hall–Kier alpha value is -4.26. The molecule has 0 bridgehead atoms. The molecular weight excluding hydrogens is 504 g/mol. The van der Waals surface area contributed by atoms with Gasteiger partial charge < -0.3 is 24.4 Å². The van der Waals surface area contributed by atoms with Gasteiger partial charge in [-0.05, 0) is 78.9 Å². The summed E-state index contributed by atoms with van der Waals surface area (Å²) in [5.41, 5.74) is 3.95. The number of rotatable bonds is 10. The standard InChI is InChI=1S/C33H38N2O5/c1-7-39-27-15-8-23(9-16-27)19-35-30(24-10-13-26(14-11-24)34(5)6)29(32(37)33(35)38)31(36)25-12-17-28(22(4)18-25)40-20-21(2)3/h8-18,21,30,36H,7,19-20H2,1-6H3/b31-29-. The maximum Gasteiger partial charge on any atom is 0.295 e. The Labute approximate surface area is 236 Å². The molecule has 0 aromatic heterocycles. The van der Waals surface area contributed by atoms with E-state index >= 15 is 0 Å². The molecule has 0 spiro atoms. The predicted molar refractivity (Wildman–Crippen MR) is 158 cm³/mol. The smallest absolute Gasteiger partial charge is 0.295 e. The van der Waals surface area contributed by atoms with Crippen LogP contribution in [0.5, 0.6) is 11.5 Å². The number of likely N-dealkylation sites (tertiary alicyclic amines) is 1. The van der Waals surface area contributed by atoms with Crippen LogP contribution in [-0.4, -0.2) is 49.0 Å². The van der Waals surface area contributed by atoms with Crippen molar-refractivity contribution in [3.63, 3.8) is 0 Å². The summed E-state index contributed by atoms with van der Waals surface area (Å²) in [5, 5.41) is 11.5. The summed E-state index contributed by atoms with van der Waals surface area (Å²) >= 11 is 0. The minimum atomic E-state index is -0.750. The minimum Gasteiger partial charge on any atom is -0.507 e. The number of carbonyl (C=O) groups is 2. The van der Waals surface area contributed by atoms with Crippen LogP contribution in [0.25, 0.3) is 5.76 Å². The number of benzene rings is 3. The van der Waals surface area contributed by atoms with Gasteiger partial charge in [0.25, 0.3) is 11.7 Å². The van der Waals surface area contributed by atoms with Gasteiger partial charge in [-0.15, -0.1) is 0 Å². The number of Topliss-reactive ketones (excluding diaryl/α,β-unsaturated/α-hetero) is 1. The summed E-state index contributed by atoms with van der Waals surface area (Å²) in [4.78, 5) is 30.4. The van der Waals surface area contributed by atoms with Crippen molar-refractivity contribution in [1.82, 2.24) is 4.90 Å². The van der Waals surface area contributed by atoms with Crippen LogP contribution in [0.4, 0.5) is 5.69 Å². The normalized spacial score (nSPS) is 16.5. The second kappa shape index (κ2) is 12.3. The van der Waals surface area contributed by atoms with E-state index in [-0.39, 0.29) is 17.9 Å². The van der Waals surface area contributed by atoms with Gasteiger partial charge in [-0.25, -0.2) is 0 Å². The Morgan fingerprint density at radius 1 is 0.975 bits per heavy atom. The van der Waals surface area contributed by atoms with E-state index in [2.05, 4.69) is 13.8 Å². The van der Waals surface area contributed by atoms with E-state index in [4.69, 9.17) is 9.47 Å². The molecular formula is C33H38N2O5. The van der Waals surface area contributed by atoms with Gasteiger partial charge in [0.05, 0.1) is 24.8 Å². The summed E-state index contributed by atoms with van der Waals surface area (Å²) in [6.07, 6.45) is 0. The zero-order valence-corrected chi connectivity index (χ0v) is 24.1. The quantitative estimate of drug-likeness (QED) is 0.189. The third-order valence-electron chi connectivity index (χ3n) is 6.87. The lowest BCUT2D eigenvalue weighted by Gasteiger charge is -2.26. The number of amides is 1. The number of aliphatic hydroxyl groups is 1. The maximum atomic E-state index is 13.5. The largest absolute Gasteiger partial charge is 0.507 e. The first-order valence-corrected chi connectivity index (χ1v) is 13.6. The third kappa shape index (κ3) is 6.14. The van der Waals surface area contributed by atoms with Crippen LogP contribution in [0.3, 0.4) is 0 Å². The minimum absolute atomic E-state index is 0.0730. The molecule has 1 saturated heterocycles. The first-order valence-electron chi connectivity index (χ1n) is 13.6. The Morgan fingerprint density at radius 3 is 2.23 bits per heavy atom. The molecule has 4 rings (SSSR count). The molecule has 3 aromatic carbocycles. The number of hydrogen-bond donors (Lipinski definition) is 1. The van der Waals surface area contributed by atoms with E-state index in [0.717, 1.165) is 33.9 Å². The number of aryl methyl sites for hydroxylation is 1. The van der Waals surface area contributed by atoms with Crippen molar-refractivity contribution in [2.75, 3.05) is 32.2 Å². The van der Waals surface area contributed by atoms with Crippen LogP contribution in [0.2, 0.25) is 0 Å². The lowest BCUT2D eigenvalue weighted by molar-refractivity contribution is -0.140. The third-order valence-corrected chi connectivity index (χ3v) is 6.87. The van der Waals surface area contributed by atoms with Crippen LogP contribution in [-0.2, 0) is 16.1 Å². The SMILES string of the molecule is CCOc1ccc(CN2C(=O)C(=O)/C(=C(\O)c3ccc(OCC(C)C)c(C)c3)C2c2ccc(N(C)C)cc2)cc1. The molecule has 3 aromatic rings. The molecule has 1 aliphatic rings. The molecule has 7 heteroatoms. The summed E-state index contributed by atoms with van der Waals surface area (Å²) in [7, 11) is 3.90. The van der Waals surface area contributed by atoms with Crippen LogP contribution in [0.15, 0.2) is 72.3 Å². The number of ketones is 1. The molecule has 210 valence electrons. The molecule has 1 unspecified atom stereocenters. The monoisotopic (exact) mass is 542 g/mol. The molecule has 1 atom stereocenters. The number of nitrogens with zero attached hydrogens (tertiary/aromatic N) is 2. The van der Waals surface area contributed by atoms with E-state index < -0.39 is 17.7 Å². The van der Waals surface area contributed by atoms with Gasteiger partial charge in [0.2, 0.25) is 0 Å². The highest BCUT2D eigenvalue weighted by molar-refractivity contribution is 6.46. The second-order valence-electron chi connectivity index (χ2n) is 10.7. The van der Waals surface area contributed by atoms with Gasteiger partial charge in [0, 0.05) is 31.9 Å². The molecule has 1 aliphatic heterocycles. The Balaban J connectivity index is 1.77. The molecule has 0 radical (unpaired) electrons. The first kappa shape index (κ1) is 28.7. The van der Waals surface area contributed by atoms with Gasteiger partial charge in [-0.1, -0.05) is 38.1 Å². The number of ether oxygens (including phenoxy) is 2. The van der Waals surface area contributed by atoms with Crippen molar-refractivity contribution in [3.05, 3.63) is 94.6 Å². The summed E-state index contributed by atoms with van der Waals surface area (Å²) < 4.78 is 11.4. The van der Waals surface area contributed by atoms with Crippen molar-refractivity contribution in [1.29, 1.82) is 0 Å². The van der Waals surface area contributed by atoms with E-state index in [1.54, 1.807) is 18.2 Å². The van der Waals surface area contributed by atoms with Crippen molar-refractivity contribution in [2.45, 2.75) is 40.3 Å². The van der Waals surface area contributed by atoms with Gasteiger partial charge in [-0.2, -0.15) is 0 Å². The van der Waals surface area contributed by atoms with Gasteiger partial charge in [0.15, 0.2) is 0 Å². The average Bonchev–Trinajstić information content (AvgIpc) is 3.18. The van der Waals surface area contributed by atoms with Crippen molar-refractivity contribution in [3.8, 4) is 11.5 Å². The molecule has 1 N–H and O–H groups in total. The molecule has 0 saturated carbocycles. The van der Waals surface area contributed by atoms with Crippen LogP contribution < -0.4 is 14.4 Å². The van der Waals surface area contributed by atoms with Gasteiger partial charge in [-0.3, -0.25) is 9.59 Å². The fourth-order valence-corrected chi connectivity index (χ4v) is 4.77. The molecule has 1 fully saturated rings. The Morgan fingerprint density at radius 2 is 1.65 bits per heavy atom. The Kier molecular flexibility index (Phi) is 8.83. The van der Waals surface area contributed by atoms with Crippen LogP contribution in [0.1, 0.15) is 49.1 Å². The zero-order valence-electron chi connectivity index (χ0n) is 24.1. The van der Waals surface area contributed by atoms with Gasteiger partial charge >= 0.3 is 0 Å². The molecule has 0 aliphatic carbocycles. The molecule has 40 heavy (non-hydrogen) atoms. The van der Waals surface area contributed by atoms with Gasteiger partial charge in [0.1, 0.15) is 17.3 Å². The number of hydrogen-bond acceptors (Lipinski definition) is 6. The van der Waals surface area contributed by atoms with Crippen molar-refractivity contribution in [2.24, 2.45) is 5.92 Å². The lowest BCUT2D eigenvalue weighted by atomic mass is 9.94. The number of carbonyl (C=O) groups excluding carboxylic acids is 2. The van der Waals surface area contributed by atoms with Crippen LogP contribution in [0, 0.1) is 12.8 Å². The van der Waals surface area contributed by atoms with Crippen molar-refractivity contribution < 1.29 is 24.2 Å². The molecule has 1 amide bonds. The lowest BCUT2D eigenvalue weighted by Crippen LogP contribution is -2.29. The van der Waals surface area contributed by atoms with E-state index in [0.29, 0.717) is 24.7 Å². The van der Waals surface area contributed by atoms with E-state index in [9.17, 15) is 14.7 Å². The molecule has 7 nitrogen and oxygen atoms in total. The fourth-order valence-electron chi connectivity index (χ4n) is 4.77. The second-order valence-corrected chi connectivity index (χ2v) is 10.7. The average molecular weight is 543 g/mol. The van der Waals surface area contributed by atoms with Crippen LogP contribution >= 0.6 is 0 Å².